The Morgan fingerprint density at radius 3 is 2.30 bits per heavy atom. The Morgan fingerprint density at radius 1 is 1.04 bits per heavy atom. The van der Waals surface area contributed by atoms with Crippen LogP contribution in [0.25, 0.3) is 0 Å². The highest BCUT2D eigenvalue weighted by Crippen LogP contribution is 2.18. The Labute approximate surface area is 162 Å². The number of nitrogens with one attached hydrogen (secondary N) is 2. The first-order valence-corrected chi connectivity index (χ1v) is 9.78. The molecule has 0 aliphatic rings. The fourth-order valence-electron chi connectivity index (χ4n) is 2.35. The van der Waals surface area contributed by atoms with Crippen molar-refractivity contribution in [3.63, 3.8) is 0 Å². The summed E-state index contributed by atoms with van der Waals surface area (Å²) in [5.74, 6) is 0.374. The number of hydrogen-bond acceptors (Lipinski definition) is 4. The lowest BCUT2D eigenvalue weighted by Gasteiger charge is -2.15. The largest absolute Gasteiger partial charge is 0.494 e. The average Bonchev–Trinajstić information content (AvgIpc) is 2.64. The quantitative estimate of drug-likeness (QED) is 0.684. The van der Waals surface area contributed by atoms with E-state index in [1.54, 1.807) is 0 Å². The molecule has 2 aromatic carbocycles. The second kappa shape index (κ2) is 10.6. The van der Waals surface area contributed by atoms with Crippen LogP contribution in [0.3, 0.4) is 0 Å². The normalized spacial score (nSPS) is 11.5. The van der Waals surface area contributed by atoms with Gasteiger partial charge in [-0.2, -0.15) is 0 Å². The lowest BCUT2D eigenvalue weighted by molar-refractivity contribution is -0.119. The Kier molecular flexibility index (Phi) is 8.13. The van der Waals surface area contributed by atoms with Gasteiger partial charge in [-0.15, -0.1) is 11.8 Å². The Hall–Kier alpha value is -2.54. The van der Waals surface area contributed by atoms with Gasteiger partial charge in [0.1, 0.15) is 11.6 Å². The van der Waals surface area contributed by atoms with Crippen LogP contribution >= 0.6 is 11.8 Å². The first-order chi connectivity index (χ1) is 13.0. The highest BCUT2D eigenvalue weighted by molar-refractivity contribution is 8.00. The van der Waals surface area contributed by atoms with Crippen LogP contribution in [0.1, 0.15) is 25.5 Å². The standard InChI is InChI=1S/C20H23FN2O3S/c1-3-26-18-10-4-15(5-11-18)14(2)22-19(24)12-27-13-20(25)23-17-8-6-16(21)7-9-17/h4-11,14H,3,12-13H2,1-2H3,(H,22,24)(H,23,25). The van der Waals surface area contributed by atoms with Crippen LogP contribution in [0, 0.1) is 5.82 Å². The topological polar surface area (TPSA) is 67.4 Å². The van der Waals surface area contributed by atoms with Gasteiger partial charge < -0.3 is 15.4 Å². The van der Waals surface area contributed by atoms with Crippen molar-refractivity contribution >= 4 is 29.3 Å². The second-order valence-corrected chi connectivity index (χ2v) is 6.82. The number of carbonyl (C=O) groups is 2. The molecule has 2 amide bonds. The molecule has 2 N–H and O–H groups in total. The minimum atomic E-state index is -0.360. The van der Waals surface area contributed by atoms with E-state index in [-0.39, 0.29) is 35.2 Å². The predicted octanol–water partition coefficient (Wildman–Crippen LogP) is 3.77. The van der Waals surface area contributed by atoms with Gasteiger partial charge in [-0.05, 0) is 55.8 Å². The van der Waals surface area contributed by atoms with Gasteiger partial charge in [0.2, 0.25) is 11.8 Å². The van der Waals surface area contributed by atoms with Crippen molar-refractivity contribution in [2.75, 3.05) is 23.4 Å². The van der Waals surface area contributed by atoms with Crippen molar-refractivity contribution in [1.82, 2.24) is 5.32 Å². The number of carbonyl (C=O) groups excluding carboxylic acids is 2. The molecule has 0 radical (unpaired) electrons. The van der Waals surface area contributed by atoms with Gasteiger partial charge in [0.25, 0.3) is 0 Å². The number of amides is 2. The average molecular weight is 390 g/mol. The van der Waals surface area contributed by atoms with Gasteiger partial charge in [0.15, 0.2) is 0 Å². The first-order valence-electron chi connectivity index (χ1n) is 8.63. The van der Waals surface area contributed by atoms with Crippen molar-refractivity contribution in [1.29, 1.82) is 0 Å². The summed E-state index contributed by atoms with van der Waals surface area (Å²) in [5, 5.41) is 5.56. The van der Waals surface area contributed by atoms with Crippen molar-refractivity contribution in [2.24, 2.45) is 0 Å². The van der Waals surface area contributed by atoms with Gasteiger partial charge >= 0.3 is 0 Å². The summed E-state index contributed by atoms with van der Waals surface area (Å²) in [5.41, 5.74) is 1.50. The zero-order chi connectivity index (χ0) is 19.6. The fourth-order valence-corrected chi connectivity index (χ4v) is 2.98. The van der Waals surface area contributed by atoms with E-state index >= 15 is 0 Å². The lowest BCUT2D eigenvalue weighted by Crippen LogP contribution is -2.28. The summed E-state index contributed by atoms with van der Waals surface area (Å²) < 4.78 is 18.2. The van der Waals surface area contributed by atoms with Crippen molar-refractivity contribution in [2.45, 2.75) is 19.9 Å². The molecule has 0 heterocycles. The number of hydrogen-bond donors (Lipinski definition) is 2. The van der Waals surface area contributed by atoms with Gasteiger partial charge in [-0.3, -0.25) is 9.59 Å². The molecular weight excluding hydrogens is 367 g/mol. The molecule has 2 aromatic rings. The van der Waals surface area contributed by atoms with E-state index in [9.17, 15) is 14.0 Å². The van der Waals surface area contributed by atoms with E-state index < -0.39 is 0 Å². The van der Waals surface area contributed by atoms with Crippen LogP contribution in [-0.4, -0.2) is 29.9 Å². The zero-order valence-corrected chi connectivity index (χ0v) is 16.1. The van der Waals surface area contributed by atoms with E-state index in [2.05, 4.69) is 10.6 Å². The highest BCUT2D eigenvalue weighted by atomic mass is 32.2. The Morgan fingerprint density at radius 2 is 1.67 bits per heavy atom. The molecule has 2 rings (SSSR count). The van der Waals surface area contributed by atoms with Crippen LogP contribution in [0.5, 0.6) is 5.75 Å². The summed E-state index contributed by atoms with van der Waals surface area (Å²) in [6.07, 6.45) is 0. The van der Waals surface area contributed by atoms with E-state index in [4.69, 9.17) is 4.74 Å². The monoisotopic (exact) mass is 390 g/mol. The summed E-state index contributed by atoms with van der Waals surface area (Å²) in [4.78, 5) is 23.9. The van der Waals surface area contributed by atoms with Gasteiger partial charge in [0, 0.05) is 5.69 Å². The molecule has 0 saturated heterocycles. The highest BCUT2D eigenvalue weighted by Gasteiger charge is 2.11. The molecule has 0 bridgehead atoms. The molecule has 5 nitrogen and oxygen atoms in total. The zero-order valence-electron chi connectivity index (χ0n) is 15.3. The third kappa shape index (κ3) is 7.30. The van der Waals surface area contributed by atoms with E-state index in [0.717, 1.165) is 11.3 Å². The number of rotatable bonds is 9. The molecule has 0 aromatic heterocycles. The smallest absolute Gasteiger partial charge is 0.234 e. The summed E-state index contributed by atoms with van der Waals surface area (Å²) in [6.45, 7) is 4.44. The summed E-state index contributed by atoms with van der Waals surface area (Å²) in [7, 11) is 0. The number of benzene rings is 2. The van der Waals surface area contributed by atoms with Gasteiger partial charge in [0.05, 0.1) is 24.2 Å². The predicted molar refractivity (Wildman–Crippen MR) is 107 cm³/mol. The minimum absolute atomic E-state index is 0.137. The number of halogens is 1. The molecule has 0 saturated carbocycles. The molecule has 0 aliphatic carbocycles. The van der Waals surface area contributed by atoms with Gasteiger partial charge in [-0.25, -0.2) is 4.39 Å². The SMILES string of the molecule is CCOc1ccc(C(C)NC(=O)CSCC(=O)Nc2ccc(F)cc2)cc1. The van der Waals surface area contributed by atoms with Crippen molar-refractivity contribution in [3.05, 3.63) is 59.9 Å². The van der Waals surface area contributed by atoms with Gasteiger partial charge in [-0.1, -0.05) is 12.1 Å². The lowest BCUT2D eigenvalue weighted by atomic mass is 10.1. The molecule has 7 heteroatoms. The Balaban J connectivity index is 1.70. The number of thioether (sulfide) groups is 1. The first kappa shape index (κ1) is 20.8. The van der Waals surface area contributed by atoms with Crippen molar-refractivity contribution in [3.8, 4) is 5.75 Å². The van der Waals surface area contributed by atoms with Crippen molar-refractivity contribution < 1.29 is 18.7 Å². The van der Waals surface area contributed by atoms with Crippen LogP contribution in [0.4, 0.5) is 10.1 Å². The minimum Gasteiger partial charge on any atom is -0.494 e. The van der Waals surface area contributed by atoms with E-state index in [1.807, 2.05) is 38.1 Å². The molecule has 0 fully saturated rings. The maximum Gasteiger partial charge on any atom is 0.234 e. The van der Waals surface area contributed by atoms with Crippen LogP contribution < -0.4 is 15.4 Å². The van der Waals surface area contributed by atoms with E-state index in [0.29, 0.717) is 12.3 Å². The third-order valence-electron chi connectivity index (χ3n) is 3.66. The van der Waals surface area contributed by atoms with Crippen LogP contribution in [0.2, 0.25) is 0 Å². The fraction of sp³-hybridized carbons (Fsp3) is 0.300. The molecule has 0 spiro atoms. The molecule has 0 aliphatic heterocycles. The summed E-state index contributed by atoms with van der Waals surface area (Å²) in [6, 6.07) is 13.0. The summed E-state index contributed by atoms with van der Waals surface area (Å²) >= 11 is 1.22. The molecule has 144 valence electrons. The van der Waals surface area contributed by atoms with Crippen LogP contribution in [-0.2, 0) is 9.59 Å². The van der Waals surface area contributed by atoms with E-state index in [1.165, 1.54) is 36.0 Å². The number of ether oxygens (including phenoxy) is 1. The molecule has 1 atom stereocenters. The maximum atomic E-state index is 12.8. The maximum absolute atomic E-state index is 12.8. The number of anilines is 1. The Bertz CT molecular complexity index is 751. The second-order valence-electron chi connectivity index (χ2n) is 5.84. The molecule has 27 heavy (non-hydrogen) atoms. The molecular formula is C20H23FN2O3S. The third-order valence-corrected chi connectivity index (χ3v) is 4.60. The molecule has 1 unspecified atom stereocenters. The van der Waals surface area contributed by atoms with Crippen LogP contribution in [0.15, 0.2) is 48.5 Å².